The molecule has 0 N–H and O–H groups in total. The fraction of sp³-hybridized carbons (Fsp3) is 0.333. The molecule has 1 heterocycles. The van der Waals surface area contributed by atoms with Crippen molar-refractivity contribution < 1.29 is 0 Å². The van der Waals surface area contributed by atoms with E-state index in [1.807, 2.05) is 0 Å². The molecule has 1 aliphatic carbocycles. The van der Waals surface area contributed by atoms with E-state index >= 15 is 0 Å². The van der Waals surface area contributed by atoms with E-state index in [1.165, 1.54) is 36.6 Å². The van der Waals surface area contributed by atoms with E-state index in [9.17, 15) is 0 Å². The third-order valence-corrected chi connectivity index (χ3v) is 4.22. The highest BCUT2D eigenvalue weighted by Crippen LogP contribution is 2.33. The number of hydrogen-bond acceptors (Lipinski definition) is 0. The zero-order valence-corrected chi connectivity index (χ0v) is 10.1. The van der Waals surface area contributed by atoms with Crippen LogP contribution in [0.25, 0.3) is 10.9 Å². The zero-order chi connectivity index (χ0) is 9.54. The van der Waals surface area contributed by atoms with E-state index in [0.29, 0.717) is 0 Å². The molecule has 0 atom stereocenters. The van der Waals surface area contributed by atoms with Crippen LogP contribution >= 0.6 is 22.9 Å². The molecule has 3 rings (SSSR count). The summed E-state index contributed by atoms with van der Waals surface area (Å²) in [5.41, 5.74) is 4.54. The third kappa shape index (κ3) is 1.13. The Morgan fingerprint density at radius 1 is 1.07 bits per heavy atom. The molecular weight excluding hydrogens is 285 g/mol. The van der Waals surface area contributed by atoms with Gasteiger partial charge < -0.3 is 0 Å². The molecule has 0 bridgehead atoms. The van der Waals surface area contributed by atoms with Crippen LogP contribution < -0.4 is 0 Å². The summed E-state index contributed by atoms with van der Waals surface area (Å²) in [6.07, 6.45) is 5.24. The summed E-state index contributed by atoms with van der Waals surface area (Å²) in [7, 11) is 0. The number of aryl methyl sites for hydroxylation is 1. The summed E-state index contributed by atoms with van der Waals surface area (Å²) >= 11 is 2.43. The Hall–Kier alpha value is -0.510. The molecule has 1 aromatic heterocycles. The molecule has 0 saturated carbocycles. The molecule has 72 valence electrons. The number of fused-ring (bicyclic) bond motifs is 3. The SMILES string of the molecule is In1c2c(c3ccccc31)CCCC2. The van der Waals surface area contributed by atoms with Gasteiger partial charge in [-0.25, -0.2) is 0 Å². The fourth-order valence-electron chi connectivity index (χ4n) is 2.44. The molecule has 1 aromatic carbocycles. The van der Waals surface area contributed by atoms with Gasteiger partial charge in [0, 0.05) is 11.1 Å². The van der Waals surface area contributed by atoms with Crippen LogP contribution in [0.2, 0.25) is 0 Å². The third-order valence-electron chi connectivity index (χ3n) is 3.12. The van der Waals surface area contributed by atoms with Crippen LogP contribution in [0.15, 0.2) is 24.3 Å². The van der Waals surface area contributed by atoms with Gasteiger partial charge in [0.2, 0.25) is 0 Å². The topological polar surface area (TPSA) is 4.93 Å². The molecule has 1 aliphatic rings. The summed E-state index contributed by atoms with van der Waals surface area (Å²) < 4.78 is 2.35. The first-order chi connectivity index (χ1) is 6.88. The molecule has 0 radical (unpaired) electrons. The molecule has 0 fully saturated rings. The minimum atomic E-state index is 1.26. The Labute approximate surface area is 97.6 Å². The lowest BCUT2D eigenvalue weighted by atomic mass is 9.96. The second kappa shape index (κ2) is 3.26. The van der Waals surface area contributed by atoms with Crippen molar-refractivity contribution in [3.05, 3.63) is 35.5 Å². The first-order valence-corrected chi connectivity index (χ1v) is 6.12. The predicted molar refractivity (Wildman–Crippen MR) is 68.0 cm³/mol. The van der Waals surface area contributed by atoms with Crippen molar-refractivity contribution in [1.82, 2.24) is 2.78 Å². The number of para-hydroxylation sites is 1. The highest BCUT2D eigenvalue weighted by Gasteiger charge is 2.17. The maximum Gasteiger partial charge on any atom is 0.0643 e. The average Bonchev–Trinajstić information content (AvgIpc) is 2.55. The monoisotopic (exact) mass is 297 g/mol. The van der Waals surface area contributed by atoms with Crippen molar-refractivity contribution in [3.8, 4) is 0 Å². The zero-order valence-electron chi connectivity index (χ0n) is 7.96. The van der Waals surface area contributed by atoms with E-state index in [0.717, 1.165) is 0 Å². The standard InChI is InChI=1S/C12H12IN/c13-14-11-7-3-1-5-9(11)10-6-2-4-8-12(10)14/h1,3,5,7H,2,4,6,8H2. The Morgan fingerprint density at radius 2 is 1.86 bits per heavy atom. The number of rotatable bonds is 0. The predicted octanol–water partition coefficient (Wildman–Crippen LogP) is 3.72. The van der Waals surface area contributed by atoms with Gasteiger partial charge in [-0.05, 0) is 37.3 Å². The summed E-state index contributed by atoms with van der Waals surface area (Å²) in [5.74, 6) is 0. The molecular formula is C12H12IN. The number of aromatic nitrogens is 1. The number of benzene rings is 1. The van der Waals surface area contributed by atoms with Gasteiger partial charge in [-0.3, -0.25) is 2.78 Å². The van der Waals surface area contributed by atoms with E-state index in [1.54, 1.807) is 11.3 Å². The normalized spacial score (nSPS) is 15.8. The van der Waals surface area contributed by atoms with Crippen molar-refractivity contribution in [2.45, 2.75) is 25.7 Å². The Morgan fingerprint density at radius 3 is 2.79 bits per heavy atom. The molecule has 14 heavy (non-hydrogen) atoms. The fourth-order valence-corrected chi connectivity index (χ4v) is 3.39. The van der Waals surface area contributed by atoms with Crippen molar-refractivity contribution >= 4 is 33.8 Å². The van der Waals surface area contributed by atoms with E-state index in [2.05, 4.69) is 49.9 Å². The molecule has 2 heteroatoms. The molecule has 0 spiro atoms. The number of nitrogens with zero attached hydrogens (tertiary/aromatic N) is 1. The largest absolute Gasteiger partial charge is 0.286 e. The van der Waals surface area contributed by atoms with Gasteiger partial charge in [-0.15, -0.1) is 0 Å². The van der Waals surface area contributed by atoms with Crippen LogP contribution in [-0.2, 0) is 12.8 Å². The Bertz CT molecular complexity index is 484. The minimum Gasteiger partial charge on any atom is -0.286 e. The minimum absolute atomic E-state index is 1.26. The molecule has 0 saturated heterocycles. The molecule has 0 unspecified atom stereocenters. The molecule has 0 aliphatic heterocycles. The summed E-state index contributed by atoms with van der Waals surface area (Å²) in [5, 5.41) is 1.47. The maximum absolute atomic E-state index is 2.43. The van der Waals surface area contributed by atoms with Gasteiger partial charge >= 0.3 is 0 Å². The van der Waals surface area contributed by atoms with Gasteiger partial charge in [0.1, 0.15) is 0 Å². The van der Waals surface area contributed by atoms with Gasteiger partial charge in [-0.1, -0.05) is 18.2 Å². The smallest absolute Gasteiger partial charge is 0.0643 e. The Kier molecular flexibility index (Phi) is 2.04. The first-order valence-electron chi connectivity index (χ1n) is 5.15. The average molecular weight is 297 g/mol. The Balaban J connectivity index is 2.41. The van der Waals surface area contributed by atoms with E-state index < -0.39 is 0 Å². The van der Waals surface area contributed by atoms with Gasteiger partial charge in [-0.2, -0.15) is 0 Å². The number of halogens is 1. The van der Waals surface area contributed by atoms with Gasteiger partial charge in [0.15, 0.2) is 0 Å². The van der Waals surface area contributed by atoms with Gasteiger partial charge in [0.05, 0.1) is 28.4 Å². The lowest BCUT2D eigenvalue weighted by Gasteiger charge is -2.11. The van der Waals surface area contributed by atoms with Crippen LogP contribution in [0.5, 0.6) is 0 Å². The van der Waals surface area contributed by atoms with E-state index in [4.69, 9.17) is 0 Å². The van der Waals surface area contributed by atoms with Gasteiger partial charge in [0.25, 0.3) is 0 Å². The summed E-state index contributed by atoms with van der Waals surface area (Å²) in [6, 6.07) is 8.76. The van der Waals surface area contributed by atoms with Crippen molar-refractivity contribution in [2.75, 3.05) is 0 Å². The van der Waals surface area contributed by atoms with Crippen molar-refractivity contribution in [3.63, 3.8) is 0 Å². The highest BCUT2D eigenvalue weighted by molar-refractivity contribution is 14.1. The lowest BCUT2D eigenvalue weighted by Crippen LogP contribution is -2.02. The molecule has 0 amide bonds. The van der Waals surface area contributed by atoms with Crippen LogP contribution in [0, 0.1) is 0 Å². The van der Waals surface area contributed by atoms with Crippen molar-refractivity contribution in [2.24, 2.45) is 0 Å². The summed E-state index contributed by atoms with van der Waals surface area (Å²) in [6.45, 7) is 0. The lowest BCUT2D eigenvalue weighted by molar-refractivity contribution is 0.678. The molecule has 2 aromatic rings. The second-order valence-corrected chi connectivity index (χ2v) is 4.90. The quantitative estimate of drug-likeness (QED) is 0.653. The van der Waals surface area contributed by atoms with Crippen LogP contribution in [-0.4, -0.2) is 2.78 Å². The van der Waals surface area contributed by atoms with Crippen molar-refractivity contribution in [1.29, 1.82) is 0 Å². The highest BCUT2D eigenvalue weighted by atomic mass is 127. The van der Waals surface area contributed by atoms with Crippen LogP contribution in [0.1, 0.15) is 24.1 Å². The maximum atomic E-state index is 2.43. The number of hydrogen-bond donors (Lipinski definition) is 0. The van der Waals surface area contributed by atoms with Crippen LogP contribution in [0.3, 0.4) is 0 Å². The summed E-state index contributed by atoms with van der Waals surface area (Å²) in [4.78, 5) is 0. The second-order valence-electron chi connectivity index (χ2n) is 3.93. The van der Waals surface area contributed by atoms with E-state index in [-0.39, 0.29) is 0 Å². The van der Waals surface area contributed by atoms with Crippen LogP contribution in [0.4, 0.5) is 0 Å². The molecule has 1 nitrogen and oxygen atoms in total. The first kappa shape index (κ1) is 8.77.